The van der Waals surface area contributed by atoms with Crippen molar-refractivity contribution in [2.45, 2.75) is 6.92 Å². The monoisotopic (exact) mass is 353 g/mol. The van der Waals surface area contributed by atoms with Crippen LogP contribution >= 0.6 is 0 Å². The summed E-state index contributed by atoms with van der Waals surface area (Å²) in [5.41, 5.74) is 2.73. The van der Waals surface area contributed by atoms with Crippen LogP contribution in [0.2, 0.25) is 0 Å². The first kappa shape index (κ1) is 17.8. The molecule has 2 aromatic carbocycles. The molecular formula is C20H23N3O3. The number of benzene rings is 2. The van der Waals surface area contributed by atoms with Gasteiger partial charge in [-0.05, 0) is 37.3 Å². The number of nitrogens with one attached hydrogen (secondary N) is 1. The van der Waals surface area contributed by atoms with Gasteiger partial charge in [0.15, 0.2) is 0 Å². The Kier molecular flexibility index (Phi) is 5.41. The number of amides is 2. The molecule has 3 rings (SSSR count). The number of phenols is 1. The van der Waals surface area contributed by atoms with E-state index >= 15 is 0 Å². The fourth-order valence-corrected chi connectivity index (χ4v) is 2.99. The van der Waals surface area contributed by atoms with E-state index in [-0.39, 0.29) is 24.1 Å². The maximum absolute atomic E-state index is 12.3. The van der Waals surface area contributed by atoms with Crippen molar-refractivity contribution in [3.05, 3.63) is 59.7 Å². The highest BCUT2D eigenvalue weighted by Crippen LogP contribution is 2.17. The second-order valence-electron chi connectivity index (χ2n) is 6.44. The summed E-state index contributed by atoms with van der Waals surface area (Å²) in [6.07, 6.45) is 0. The molecule has 0 saturated carbocycles. The van der Waals surface area contributed by atoms with Crippen molar-refractivity contribution >= 4 is 17.5 Å². The van der Waals surface area contributed by atoms with E-state index in [4.69, 9.17) is 0 Å². The minimum atomic E-state index is -0.368. The molecule has 0 spiro atoms. The van der Waals surface area contributed by atoms with Crippen LogP contribution in [0.1, 0.15) is 15.9 Å². The standard InChI is InChI=1S/C20H23N3O3/c1-15-5-7-17(8-6-15)22-9-11-23(12-10-22)19(25)14-21-20(26)16-3-2-4-18(24)13-16/h2-8,13,24H,9-12,14H2,1H3,(H,21,26). The topological polar surface area (TPSA) is 72.9 Å². The van der Waals surface area contributed by atoms with Gasteiger partial charge in [0, 0.05) is 37.4 Å². The summed E-state index contributed by atoms with van der Waals surface area (Å²) in [6.45, 7) is 4.83. The van der Waals surface area contributed by atoms with Gasteiger partial charge in [0.05, 0.1) is 6.54 Å². The van der Waals surface area contributed by atoms with Gasteiger partial charge in [-0.2, -0.15) is 0 Å². The van der Waals surface area contributed by atoms with Gasteiger partial charge in [0.2, 0.25) is 5.91 Å². The first-order valence-corrected chi connectivity index (χ1v) is 8.69. The normalized spacial score (nSPS) is 14.2. The van der Waals surface area contributed by atoms with Crippen molar-refractivity contribution in [1.82, 2.24) is 10.2 Å². The first-order chi connectivity index (χ1) is 12.5. The van der Waals surface area contributed by atoms with Crippen molar-refractivity contribution < 1.29 is 14.7 Å². The van der Waals surface area contributed by atoms with Crippen LogP contribution in [0.3, 0.4) is 0 Å². The zero-order chi connectivity index (χ0) is 18.5. The highest BCUT2D eigenvalue weighted by molar-refractivity contribution is 5.96. The number of hydrogen-bond donors (Lipinski definition) is 2. The minimum absolute atomic E-state index is 0.0243. The second kappa shape index (κ2) is 7.91. The summed E-state index contributed by atoms with van der Waals surface area (Å²) in [5.74, 6) is -0.439. The lowest BCUT2D eigenvalue weighted by Gasteiger charge is -2.36. The lowest BCUT2D eigenvalue weighted by atomic mass is 10.2. The number of carbonyl (C=O) groups excluding carboxylic acids is 2. The lowest BCUT2D eigenvalue weighted by molar-refractivity contribution is -0.130. The van der Waals surface area contributed by atoms with Crippen molar-refractivity contribution in [1.29, 1.82) is 0 Å². The van der Waals surface area contributed by atoms with Crippen LogP contribution in [0.15, 0.2) is 48.5 Å². The van der Waals surface area contributed by atoms with E-state index in [1.54, 1.807) is 17.0 Å². The first-order valence-electron chi connectivity index (χ1n) is 8.69. The summed E-state index contributed by atoms with van der Waals surface area (Å²) >= 11 is 0. The molecule has 1 heterocycles. The number of aromatic hydroxyl groups is 1. The van der Waals surface area contributed by atoms with Crippen LogP contribution in [0.4, 0.5) is 5.69 Å². The molecule has 136 valence electrons. The highest BCUT2D eigenvalue weighted by atomic mass is 16.3. The second-order valence-corrected chi connectivity index (χ2v) is 6.44. The number of hydrogen-bond acceptors (Lipinski definition) is 4. The van der Waals surface area contributed by atoms with E-state index in [0.717, 1.165) is 13.1 Å². The largest absolute Gasteiger partial charge is 0.508 e. The molecule has 2 N–H and O–H groups in total. The van der Waals surface area contributed by atoms with Crippen LogP contribution in [0.5, 0.6) is 5.75 Å². The molecule has 1 saturated heterocycles. The molecule has 0 aromatic heterocycles. The van der Waals surface area contributed by atoms with Gasteiger partial charge in [0.1, 0.15) is 5.75 Å². The van der Waals surface area contributed by atoms with Crippen molar-refractivity contribution in [3.8, 4) is 5.75 Å². The number of nitrogens with zero attached hydrogens (tertiary/aromatic N) is 2. The quantitative estimate of drug-likeness (QED) is 0.879. The maximum atomic E-state index is 12.3. The molecule has 0 radical (unpaired) electrons. The van der Waals surface area contributed by atoms with Gasteiger partial charge in [-0.15, -0.1) is 0 Å². The number of carbonyl (C=O) groups is 2. The van der Waals surface area contributed by atoms with E-state index in [9.17, 15) is 14.7 Å². The Hall–Kier alpha value is -3.02. The van der Waals surface area contributed by atoms with Gasteiger partial charge in [-0.3, -0.25) is 9.59 Å². The summed E-state index contributed by atoms with van der Waals surface area (Å²) in [6, 6.07) is 14.4. The Labute approximate surface area is 153 Å². The maximum Gasteiger partial charge on any atom is 0.251 e. The van der Waals surface area contributed by atoms with Crippen molar-refractivity contribution in [2.24, 2.45) is 0 Å². The lowest BCUT2D eigenvalue weighted by Crippen LogP contribution is -2.51. The summed E-state index contributed by atoms with van der Waals surface area (Å²) < 4.78 is 0. The molecule has 0 atom stereocenters. The Bertz CT molecular complexity index is 781. The van der Waals surface area contributed by atoms with Gasteiger partial charge < -0.3 is 20.2 Å². The molecule has 0 bridgehead atoms. The Morgan fingerprint density at radius 3 is 2.38 bits per heavy atom. The van der Waals surface area contributed by atoms with Gasteiger partial charge >= 0.3 is 0 Å². The smallest absolute Gasteiger partial charge is 0.251 e. The van der Waals surface area contributed by atoms with Crippen LogP contribution < -0.4 is 10.2 Å². The summed E-state index contributed by atoms with van der Waals surface area (Å²) in [5, 5.41) is 12.0. The molecule has 0 aliphatic carbocycles. The van der Waals surface area contributed by atoms with Crippen LogP contribution in [0, 0.1) is 6.92 Å². The predicted octanol–water partition coefficient (Wildman–Crippen LogP) is 1.78. The molecule has 1 aliphatic rings. The summed E-state index contributed by atoms with van der Waals surface area (Å²) in [7, 11) is 0. The third kappa shape index (κ3) is 4.33. The van der Waals surface area contributed by atoms with E-state index in [2.05, 4.69) is 41.4 Å². The van der Waals surface area contributed by atoms with Crippen LogP contribution in [0.25, 0.3) is 0 Å². The number of aryl methyl sites for hydroxylation is 1. The molecule has 0 unspecified atom stereocenters. The van der Waals surface area contributed by atoms with E-state index < -0.39 is 0 Å². The van der Waals surface area contributed by atoms with Crippen molar-refractivity contribution in [3.63, 3.8) is 0 Å². The van der Waals surface area contributed by atoms with Crippen LogP contribution in [-0.4, -0.2) is 54.5 Å². The molecule has 6 heteroatoms. The fourth-order valence-electron chi connectivity index (χ4n) is 2.99. The average molecular weight is 353 g/mol. The van der Waals surface area contributed by atoms with Gasteiger partial charge in [-0.25, -0.2) is 0 Å². The SMILES string of the molecule is Cc1ccc(N2CCN(C(=O)CNC(=O)c3cccc(O)c3)CC2)cc1. The Morgan fingerprint density at radius 1 is 1.04 bits per heavy atom. The van der Waals surface area contributed by atoms with E-state index in [0.29, 0.717) is 18.7 Å². The number of piperazine rings is 1. The zero-order valence-electron chi connectivity index (χ0n) is 14.8. The molecule has 26 heavy (non-hydrogen) atoms. The molecule has 1 aliphatic heterocycles. The van der Waals surface area contributed by atoms with Crippen molar-refractivity contribution in [2.75, 3.05) is 37.6 Å². The minimum Gasteiger partial charge on any atom is -0.508 e. The van der Waals surface area contributed by atoms with Gasteiger partial charge in [-0.1, -0.05) is 23.8 Å². The molecule has 2 aromatic rings. The Balaban J connectivity index is 1.47. The molecule has 6 nitrogen and oxygen atoms in total. The average Bonchev–Trinajstić information content (AvgIpc) is 2.66. The molecule has 1 fully saturated rings. The van der Waals surface area contributed by atoms with E-state index in [1.807, 2.05) is 0 Å². The van der Waals surface area contributed by atoms with Crippen LogP contribution in [-0.2, 0) is 4.79 Å². The highest BCUT2D eigenvalue weighted by Gasteiger charge is 2.21. The molecule has 2 amide bonds. The third-order valence-electron chi connectivity index (χ3n) is 4.54. The number of anilines is 1. The fraction of sp³-hybridized carbons (Fsp3) is 0.300. The summed E-state index contributed by atoms with van der Waals surface area (Å²) in [4.78, 5) is 28.4. The third-order valence-corrected chi connectivity index (χ3v) is 4.54. The Morgan fingerprint density at radius 2 is 1.73 bits per heavy atom. The molecular weight excluding hydrogens is 330 g/mol. The van der Waals surface area contributed by atoms with Gasteiger partial charge in [0.25, 0.3) is 5.91 Å². The number of phenolic OH excluding ortho intramolecular Hbond substituents is 1. The zero-order valence-corrected chi connectivity index (χ0v) is 14.8. The predicted molar refractivity (Wildman–Crippen MR) is 100 cm³/mol. The van der Waals surface area contributed by atoms with E-state index in [1.165, 1.54) is 23.4 Å². The number of rotatable bonds is 4.